The summed E-state index contributed by atoms with van der Waals surface area (Å²) in [5, 5.41) is 9.22. The molecule has 6 nitrogen and oxygen atoms in total. The van der Waals surface area contributed by atoms with Crippen LogP contribution >= 0.6 is 0 Å². The standard InChI is InChI=1S/C12H19NO5/c1-7-6-12(5,9(15)16)13(8(7)14)10(17)18-11(2,3)4/h7H,6H2,1-5H3,(H,15,16)/t7-,12?/m0/s1. The Morgan fingerprint density at radius 2 is 1.94 bits per heavy atom. The molecule has 1 saturated heterocycles. The van der Waals surface area contributed by atoms with Gasteiger partial charge >= 0.3 is 12.1 Å². The van der Waals surface area contributed by atoms with Gasteiger partial charge < -0.3 is 9.84 Å². The smallest absolute Gasteiger partial charge is 0.418 e. The number of amides is 2. The van der Waals surface area contributed by atoms with Crippen molar-refractivity contribution in [1.82, 2.24) is 4.90 Å². The highest BCUT2D eigenvalue weighted by Crippen LogP contribution is 2.35. The van der Waals surface area contributed by atoms with Crippen LogP contribution in [-0.4, -0.2) is 39.1 Å². The lowest BCUT2D eigenvalue weighted by atomic mass is 9.95. The molecule has 1 heterocycles. The lowest BCUT2D eigenvalue weighted by molar-refractivity contribution is -0.152. The third kappa shape index (κ3) is 2.47. The van der Waals surface area contributed by atoms with E-state index in [1.165, 1.54) is 6.92 Å². The first-order chi connectivity index (χ1) is 7.99. The monoisotopic (exact) mass is 257 g/mol. The van der Waals surface area contributed by atoms with E-state index in [9.17, 15) is 19.5 Å². The Kier molecular flexibility index (Phi) is 3.42. The second kappa shape index (κ2) is 4.26. The van der Waals surface area contributed by atoms with Crippen LogP contribution in [0.3, 0.4) is 0 Å². The molecule has 1 rings (SSSR count). The summed E-state index contributed by atoms with van der Waals surface area (Å²) in [5.41, 5.74) is -2.30. The molecule has 1 aliphatic heterocycles. The van der Waals surface area contributed by atoms with Gasteiger partial charge in [-0.1, -0.05) is 6.92 Å². The average Bonchev–Trinajstić information content (AvgIpc) is 2.36. The third-order valence-electron chi connectivity index (χ3n) is 2.88. The minimum atomic E-state index is -1.53. The molecule has 0 bridgehead atoms. The molecule has 0 saturated carbocycles. The first-order valence-electron chi connectivity index (χ1n) is 5.79. The van der Waals surface area contributed by atoms with E-state index in [2.05, 4.69) is 0 Å². The SMILES string of the molecule is C[C@H]1CC(C)(C(=O)O)N(C(=O)OC(C)(C)C)C1=O. The molecule has 2 atom stereocenters. The Labute approximate surface area is 106 Å². The zero-order valence-electron chi connectivity index (χ0n) is 11.3. The van der Waals surface area contributed by atoms with Crippen LogP contribution in [0.1, 0.15) is 41.0 Å². The average molecular weight is 257 g/mol. The summed E-state index contributed by atoms with van der Waals surface area (Å²) in [6.45, 7) is 7.95. The van der Waals surface area contributed by atoms with Crippen LogP contribution in [0.25, 0.3) is 0 Å². The highest BCUT2D eigenvalue weighted by atomic mass is 16.6. The maximum Gasteiger partial charge on any atom is 0.418 e. The number of nitrogens with zero attached hydrogens (tertiary/aromatic N) is 1. The summed E-state index contributed by atoms with van der Waals surface area (Å²) in [7, 11) is 0. The van der Waals surface area contributed by atoms with Crippen LogP contribution in [0.5, 0.6) is 0 Å². The van der Waals surface area contributed by atoms with E-state index in [0.717, 1.165) is 4.90 Å². The third-order valence-corrected chi connectivity index (χ3v) is 2.88. The number of aliphatic carboxylic acids is 1. The molecule has 0 radical (unpaired) electrons. The number of ether oxygens (including phenoxy) is 1. The minimum Gasteiger partial charge on any atom is -0.479 e. The molecule has 0 aliphatic carbocycles. The predicted octanol–water partition coefficient (Wildman–Crippen LogP) is 1.63. The molecule has 2 amide bonds. The molecule has 0 spiro atoms. The number of carbonyl (C=O) groups excluding carboxylic acids is 2. The van der Waals surface area contributed by atoms with Crippen molar-refractivity contribution < 1.29 is 24.2 Å². The number of imide groups is 1. The molecule has 6 heteroatoms. The zero-order chi connectivity index (χ0) is 14.3. The molecule has 1 unspecified atom stereocenters. The van der Waals surface area contributed by atoms with Crippen molar-refractivity contribution in [3.05, 3.63) is 0 Å². The molecule has 18 heavy (non-hydrogen) atoms. The molecule has 0 aromatic rings. The second-order valence-corrected chi connectivity index (χ2v) is 5.84. The maximum atomic E-state index is 12.0. The van der Waals surface area contributed by atoms with Gasteiger partial charge in [-0.2, -0.15) is 0 Å². The minimum absolute atomic E-state index is 0.0976. The van der Waals surface area contributed by atoms with E-state index in [1.807, 2.05) is 0 Å². The Balaban J connectivity index is 3.07. The molecule has 0 aromatic heterocycles. The molecule has 1 aliphatic rings. The Hall–Kier alpha value is -1.59. The van der Waals surface area contributed by atoms with Crippen molar-refractivity contribution in [2.45, 2.75) is 52.2 Å². The number of rotatable bonds is 1. The van der Waals surface area contributed by atoms with Crippen molar-refractivity contribution in [1.29, 1.82) is 0 Å². The van der Waals surface area contributed by atoms with E-state index in [1.54, 1.807) is 27.7 Å². The van der Waals surface area contributed by atoms with Crippen LogP contribution in [0.4, 0.5) is 4.79 Å². The number of carboxylic acids is 1. The molecular weight excluding hydrogens is 238 g/mol. The predicted molar refractivity (Wildman–Crippen MR) is 62.9 cm³/mol. The fraction of sp³-hybridized carbons (Fsp3) is 0.750. The lowest BCUT2D eigenvalue weighted by Gasteiger charge is -2.31. The number of carboxylic acid groups (broad SMARTS) is 1. The second-order valence-electron chi connectivity index (χ2n) is 5.84. The molecule has 102 valence electrons. The number of hydrogen-bond donors (Lipinski definition) is 1. The van der Waals surface area contributed by atoms with Crippen molar-refractivity contribution >= 4 is 18.0 Å². The van der Waals surface area contributed by atoms with Gasteiger partial charge in [-0.15, -0.1) is 0 Å². The van der Waals surface area contributed by atoms with Gasteiger partial charge in [0.15, 0.2) is 0 Å². The van der Waals surface area contributed by atoms with Gasteiger partial charge in [0.1, 0.15) is 11.1 Å². The normalized spacial score (nSPS) is 28.4. The quantitative estimate of drug-likeness (QED) is 0.771. The van der Waals surface area contributed by atoms with E-state index >= 15 is 0 Å². The van der Waals surface area contributed by atoms with Crippen LogP contribution in [0, 0.1) is 5.92 Å². The fourth-order valence-electron chi connectivity index (χ4n) is 2.02. The van der Waals surface area contributed by atoms with Gasteiger partial charge in [-0.3, -0.25) is 4.79 Å². The van der Waals surface area contributed by atoms with Crippen LogP contribution in [0.15, 0.2) is 0 Å². The Morgan fingerprint density at radius 3 is 2.33 bits per heavy atom. The first-order valence-corrected chi connectivity index (χ1v) is 5.79. The molecular formula is C12H19NO5. The molecule has 1 fully saturated rings. The van der Waals surface area contributed by atoms with Gasteiger partial charge in [0.25, 0.3) is 0 Å². The van der Waals surface area contributed by atoms with E-state index in [-0.39, 0.29) is 6.42 Å². The first kappa shape index (κ1) is 14.5. The van der Waals surface area contributed by atoms with Gasteiger partial charge in [0.2, 0.25) is 5.91 Å². The molecule has 0 aromatic carbocycles. The fourth-order valence-corrected chi connectivity index (χ4v) is 2.02. The highest BCUT2D eigenvalue weighted by molar-refractivity contribution is 6.02. The largest absolute Gasteiger partial charge is 0.479 e. The Bertz CT molecular complexity index is 398. The Morgan fingerprint density at radius 1 is 1.44 bits per heavy atom. The summed E-state index contributed by atoms with van der Waals surface area (Å²) in [4.78, 5) is 35.9. The van der Waals surface area contributed by atoms with Crippen LogP contribution < -0.4 is 0 Å². The van der Waals surface area contributed by atoms with Crippen molar-refractivity contribution in [3.8, 4) is 0 Å². The summed E-state index contributed by atoms with van der Waals surface area (Å²) < 4.78 is 5.09. The van der Waals surface area contributed by atoms with Gasteiger partial charge in [-0.05, 0) is 34.1 Å². The van der Waals surface area contributed by atoms with Crippen LogP contribution in [-0.2, 0) is 14.3 Å². The van der Waals surface area contributed by atoms with E-state index in [0.29, 0.717) is 0 Å². The summed E-state index contributed by atoms with van der Waals surface area (Å²) in [5.74, 6) is -2.21. The summed E-state index contributed by atoms with van der Waals surface area (Å²) in [6, 6.07) is 0. The summed E-state index contributed by atoms with van der Waals surface area (Å²) in [6.07, 6.45) is -0.804. The van der Waals surface area contributed by atoms with Gasteiger partial charge in [0.05, 0.1) is 0 Å². The zero-order valence-corrected chi connectivity index (χ0v) is 11.3. The van der Waals surface area contributed by atoms with Crippen molar-refractivity contribution in [2.75, 3.05) is 0 Å². The number of hydrogen-bond acceptors (Lipinski definition) is 4. The van der Waals surface area contributed by atoms with Gasteiger partial charge in [0, 0.05) is 5.92 Å². The van der Waals surface area contributed by atoms with E-state index < -0.39 is 35.0 Å². The van der Waals surface area contributed by atoms with Crippen molar-refractivity contribution in [3.63, 3.8) is 0 Å². The van der Waals surface area contributed by atoms with Gasteiger partial charge in [-0.25, -0.2) is 14.5 Å². The van der Waals surface area contributed by atoms with E-state index in [4.69, 9.17) is 4.74 Å². The summed E-state index contributed by atoms with van der Waals surface area (Å²) >= 11 is 0. The maximum absolute atomic E-state index is 12.0. The lowest BCUT2D eigenvalue weighted by Crippen LogP contribution is -2.53. The highest BCUT2D eigenvalue weighted by Gasteiger charge is 2.55. The van der Waals surface area contributed by atoms with Crippen LogP contribution in [0.2, 0.25) is 0 Å². The topological polar surface area (TPSA) is 83.9 Å². The number of carbonyl (C=O) groups is 3. The molecule has 1 N–H and O–H groups in total. The van der Waals surface area contributed by atoms with Crippen molar-refractivity contribution in [2.24, 2.45) is 5.92 Å². The number of likely N-dealkylation sites (tertiary alicyclic amines) is 1.